The van der Waals surface area contributed by atoms with Gasteiger partial charge in [0.25, 0.3) is 0 Å². The van der Waals surface area contributed by atoms with E-state index in [-0.39, 0.29) is 11.8 Å². The van der Waals surface area contributed by atoms with Crippen LogP contribution in [0.3, 0.4) is 0 Å². The predicted molar refractivity (Wildman–Crippen MR) is 46.7 cm³/mol. The minimum atomic E-state index is -0.983. The van der Waals surface area contributed by atoms with Gasteiger partial charge in [-0.3, -0.25) is 5.41 Å². The van der Waals surface area contributed by atoms with E-state index in [2.05, 4.69) is 5.32 Å². The van der Waals surface area contributed by atoms with Crippen molar-refractivity contribution in [2.45, 2.75) is 19.5 Å². The Morgan fingerprint density at radius 3 is 2.67 bits per heavy atom. The molecular weight excluding hydrogens is 157 g/mol. The summed E-state index contributed by atoms with van der Waals surface area (Å²) in [7, 11) is 1.66. The first-order valence-corrected chi connectivity index (χ1v) is 3.98. The first kappa shape index (κ1) is 9.03. The van der Waals surface area contributed by atoms with Gasteiger partial charge in [0.15, 0.2) is 0 Å². The van der Waals surface area contributed by atoms with Gasteiger partial charge in [-0.05, 0) is 12.3 Å². The fraction of sp³-hybridized carbons (Fsp3) is 0.625. The number of rotatable bonds is 2. The summed E-state index contributed by atoms with van der Waals surface area (Å²) in [4.78, 5) is 0. The topological polar surface area (TPSA) is 61.9 Å². The summed E-state index contributed by atoms with van der Waals surface area (Å²) in [6, 6.07) is 0. The van der Waals surface area contributed by atoms with Gasteiger partial charge in [0.05, 0.1) is 5.70 Å². The standard InChI is InChI=1S/C8H14FN3/c1-4-3-5(9)7(12-2)6(4)8(10)11/h4-5,12H,3H2,1-2H3,(H3,10,11)/t4-,5+/m1/s1. The average Bonchev–Trinajstić information content (AvgIpc) is 2.24. The van der Waals surface area contributed by atoms with Gasteiger partial charge in [-0.25, -0.2) is 4.39 Å². The van der Waals surface area contributed by atoms with E-state index >= 15 is 0 Å². The van der Waals surface area contributed by atoms with Crippen LogP contribution in [0.2, 0.25) is 0 Å². The Bertz CT molecular complexity index is 234. The minimum Gasteiger partial charge on any atom is -0.389 e. The quantitative estimate of drug-likeness (QED) is 0.424. The van der Waals surface area contributed by atoms with E-state index in [0.29, 0.717) is 17.7 Å². The first-order valence-electron chi connectivity index (χ1n) is 3.98. The molecule has 0 aliphatic heterocycles. The van der Waals surface area contributed by atoms with Crippen LogP contribution in [0.1, 0.15) is 13.3 Å². The summed E-state index contributed by atoms with van der Waals surface area (Å²) in [6.07, 6.45) is -0.547. The Hall–Kier alpha value is -1.06. The van der Waals surface area contributed by atoms with Crippen LogP contribution in [0.4, 0.5) is 4.39 Å². The van der Waals surface area contributed by atoms with Crippen molar-refractivity contribution in [2.24, 2.45) is 11.7 Å². The molecule has 4 N–H and O–H groups in total. The van der Waals surface area contributed by atoms with E-state index in [0.717, 1.165) is 0 Å². The summed E-state index contributed by atoms with van der Waals surface area (Å²) >= 11 is 0. The Labute approximate surface area is 71.3 Å². The van der Waals surface area contributed by atoms with Gasteiger partial charge in [-0.1, -0.05) is 6.92 Å². The van der Waals surface area contributed by atoms with Gasteiger partial charge in [0, 0.05) is 12.6 Å². The van der Waals surface area contributed by atoms with Crippen LogP contribution in [0.15, 0.2) is 11.3 Å². The normalized spacial score (nSPS) is 29.2. The maximum absolute atomic E-state index is 13.2. The Balaban J connectivity index is 3.01. The zero-order valence-corrected chi connectivity index (χ0v) is 7.32. The fourth-order valence-corrected chi connectivity index (χ4v) is 1.68. The second-order valence-corrected chi connectivity index (χ2v) is 3.10. The molecule has 0 aromatic carbocycles. The predicted octanol–water partition coefficient (Wildman–Crippen LogP) is 0.774. The van der Waals surface area contributed by atoms with Crippen LogP contribution in [0, 0.1) is 11.3 Å². The van der Waals surface area contributed by atoms with E-state index in [1.807, 2.05) is 6.92 Å². The summed E-state index contributed by atoms with van der Waals surface area (Å²) in [5.74, 6) is 0.0342. The zero-order chi connectivity index (χ0) is 9.30. The Kier molecular flexibility index (Phi) is 2.35. The molecule has 0 radical (unpaired) electrons. The van der Waals surface area contributed by atoms with Gasteiger partial charge in [-0.15, -0.1) is 0 Å². The number of halogens is 1. The van der Waals surface area contributed by atoms with Crippen molar-refractivity contribution >= 4 is 5.84 Å². The molecule has 12 heavy (non-hydrogen) atoms. The molecule has 3 nitrogen and oxygen atoms in total. The monoisotopic (exact) mass is 171 g/mol. The third kappa shape index (κ3) is 1.29. The van der Waals surface area contributed by atoms with Crippen molar-refractivity contribution < 1.29 is 4.39 Å². The molecule has 1 aliphatic rings. The van der Waals surface area contributed by atoms with Crippen molar-refractivity contribution in [2.75, 3.05) is 7.05 Å². The molecule has 0 fully saturated rings. The molecule has 4 heteroatoms. The number of hydrogen-bond donors (Lipinski definition) is 3. The maximum Gasteiger partial charge on any atom is 0.140 e. The SMILES string of the molecule is CNC1=C(C(=N)N)[C@H](C)C[C@@H]1F. The molecule has 0 aromatic rings. The Morgan fingerprint density at radius 2 is 2.33 bits per heavy atom. The van der Waals surface area contributed by atoms with Gasteiger partial charge in [-0.2, -0.15) is 0 Å². The van der Waals surface area contributed by atoms with E-state index in [1.165, 1.54) is 0 Å². The van der Waals surface area contributed by atoms with Crippen molar-refractivity contribution in [3.63, 3.8) is 0 Å². The summed E-state index contributed by atoms with van der Waals surface area (Å²) in [5.41, 5.74) is 6.45. The second-order valence-electron chi connectivity index (χ2n) is 3.10. The highest BCUT2D eigenvalue weighted by molar-refractivity contribution is 5.96. The summed E-state index contributed by atoms with van der Waals surface area (Å²) in [6.45, 7) is 1.88. The third-order valence-corrected chi connectivity index (χ3v) is 2.22. The Morgan fingerprint density at radius 1 is 1.75 bits per heavy atom. The highest BCUT2D eigenvalue weighted by Crippen LogP contribution is 2.32. The maximum atomic E-state index is 13.2. The number of amidine groups is 1. The first-order chi connectivity index (χ1) is 5.57. The number of nitrogens with one attached hydrogen (secondary N) is 2. The molecule has 0 heterocycles. The molecule has 0 amide bonds. The molecule has 2 atom stereocenters. The van der Waals surface area contributed by atoms with Crippen LogP contribution in [0.5, 0.6) is 0 Å². The highest BCUT2D eigenvalue weighted by atomic mass is 19.1. The highest BCUT2D eigenvalue weighted by Gasteiger charge is 2.31. The van der Waals surface area contributed by atoms with E-state index in [9.17, 15) is 4.39 Å². The fourth-order valence-electron chi connectivity index (χ4n) is 1.68. The molecular formula is C8H14FN3. The van der Waals surface area contributed by atoms with Gasteiger partial charge in [0.1, 0.15) is 12.0 Å². The lowest BCUT2D eigenvalue weighted by atomic mass is 10.0. The largest absolute Gasteiger partial charge is 0.389 e. The smallest absolute Gasteiger partial charge is 0.140 e. The number of allylic oxidation sites excluding steroid dienone is 1. The van der Waals surface area contributed by atoms with E-state index in [4.69, 9.17) is 11.1 Å². The van der Waals surface area contributed by atoms with Gasteiger partial charge < -0.3 is 11.1 Å². The molecule has 0 spiro atoms. The average molecular weight is 171 g/mol. The lowest BCUT2D eigenvalue weighted by Crippen LogP contribution is -2.21. The number of nitrogens with two attached hydrogens (primary N) is 1. The molecule has 1 aliphatic carbocycles. The summed E-state index contributed by atoms with van der Waals surface area (Å²) < 4.78 is 13.2. The molecule has 0 saturated carbocycles. The van der Waals surface area contributed by atoms with Crippen molar-refractivity contribution in [3.8, 4) is 0 Å². The van der Waals surface area contributed by atoms with Crippen LogP contribution in [0.25, 0.3) is 0 Å². The molecule has 0 saturated heterocycles. The third-order valence-electron chi connectivity index (χ3n) is 2.22. The van der Waals surface area contributed by atoms with Gasteiger partial charge >= 0.3 is 0 Å². The summed E-state index contributed by atoms with van der Waals surface area (Å²) in [5, 5.41) is 10.0. The number of alkyl halides is 1. The van der Waals surface area contributed by atoms with Crippen LogP contribution in [-0.4, -0.2) is 19.1 Å². The second kappa shape index (κ2) is 3.13. The number of hydrogen-bond acceptors (Lipinski definition) is 2. The van der Waals surface area contributed by atoms with E-state index in [1.54, 1.807) is 7.05 Å². The molecule has 1 rings (SSSR count). The molecule has 0 bridgehead atoms. The van der Waals surface area contributed by atoms with Crippen molar-refractivity contribution in [1.82, 2.24) is 5.32 Å². The van der Waals surface area contributed by atoms with Crippen molar-refractivity contribution in [1.29, 1.82) is 5.41 Å². The molecule has 0 aromatic heterocycles. The van der Waals surface area contributed by atoms with E-state index < -0.39 is 6.17 Å². The lowest BCUT2D eigenvalue weighted by Gasteiger charge is -2.08. The van der Waals surface area contributed by atoms with Crippen LogP contribution in [-0.2, 0) is 0 Å². The van der Waals surface area contributed by atoms with Gasteiger partial charge in [0.2, 0.25) is 0 Å². The van der Waals surface area contributed by atoms with Crippen LogP contribution < -0.4 is 11.1 Å². The zero-order valence-electron chi connectivity index (χ0n) is 7.32. The lowest BCUT2D eigenvalue weighted by molar-refractivity contribution is 0.350. The minimum absolute atomic E-state index is 0.0213. The van der Waals surface area contributed by atoms with Crippen LogP contribution >= 0.6 is 0 Å². The molecule has 0 unspecified atom stereocenters. The van der Waals surface area contributed by atoms with Crippen molar-refractivity contribution in [3.05, 3.63) is 11.3 Å². The molecule has 68 valence electrons.